The van der Waals surface area contributed by atoms with Crippen LogP contribution in [0.4, 0.5) is 5.69 Å². The van der Waals surface area contributed by atoms with E-state index in [4.69, 9.17) is 11.6 Å². The summed E-state index contributed by atoms with van der Waals surface area (Å²) in [6.07, 6.45) is 1.70. The van der Waals surface area contributed by atoms with Gasteiger partial charge in [0.25, 0.3) is 5.91 Å². The fraction of sp³-hybridized carbons (Fsp3) is 0.450. The number of sulfonamides is 1. The summed E-state index contributed by atoms with van der Waals surface area (Å²) in [5.41, 5.74) is 2.30. The van der Waals surface area contributed by atoms with Crippen LogP contribution in [0.15, 0.2) is 29.2 Å². The zero-order chi connectivity index (χ0) is 20.6. The number of amides is 1. The Hall–Kier alpha value is -1.83. The predicted octanol–water partition coefficient (Wildman–Crippen LogP) is 3.97. The molecule has 6 nitrogen and oxygen atoms in total. The van der Waals surface area contributed by atoms with Gasteiger partial charge in [0.15, 0.2) is 0 Å². The minimum atomic E-state index is -3.63. The topological polar surface area (TPSA) is 71.4 Å². The Bertz CT molecular complexity index is 1010. The molecule has 0 radical (unpaired) electrons. The van der Waals surface area contributed by atoms with Crippen LogP contribution in [0.5, 0.6) is 0 Å². The van der Waals surface area contributed by atoms with Crippen molar-refractivity contribution in [3.8, 4) is 0 Å². The third kappa shape index (κ3) is 3.97. The van der Waals surface area contributed by atoms with Gasteiger partial charge in [-0.25, -0.2) is 8.42 Å². The number of hydrogen-bond acceptors (Lipinski definition) is 3. The predicted molar refractivity (Wildman–Crippen MR) is 111 cm³/mol. The van der Waals surface area contributed by atoms with Gasteiger partial charge in [0, 0.05) is 25.8 Å². The van der Waals surface area contributed by atoms with Crippen LogP contribution in [0.25, 0.3) is 0 Å². The number of carbonyl (C=O) groups excluding carboxylic acids is 1. The van der Waals surface area contributed by atoms with E-state index in [9.17, 15) is 13.2 Å². The molecular formula is C20H26ClN3O3S. The average molecular weight is 424 g/mol. The van der Waals surface area contributed by atoms with Crippen molar-refractivity contribution in [2.24, 2.45) is 13.0 Å². The summed E-state index contributed by atoms with van der Waals surface area (Å²) in [5.74, 6) is 0.133. The lowest BCUT2D eigenvalue weighted by Gasteiger charge is -2.29. The Morgan fingerprint density at radius 1 is 1.18 bits per heavy atom. The number of rotatable bonds is 4. The van der Waals surface area contributed by atoms with Gasteiger partial charge in [-0.1, -0.05) is 24.6 Å². The molecule has 3 rings (SSSR count). The Morgan fingerprint density at radius 2 is 1.82 bits per heavy atom. The number of piperidine rings is 1. The van der Waals surface area contributed by atoms with Gasteiger partial charge in [0.2, 0.25) is 10.0 Å². The van der Waals surface area contributed by atoms with Crippen LogP contribution in [0, 0.1) is 19.8 Å². The Kier molecular flexibility index (Phi) is 5.89. The summed E-state index contributed by atoms with van der Waals surface area (Å²) in [7, 11) is -1.94. The van der Waals surface area contributed by atoms with E-state index in [0.717, 1.165) is 18.4 Å². The zero-order valence-corrected chi connectivity index (χ0v) is 18.2. The number of nitrogens with one attached hydrogen (secondary N) is 1. The third-order valence-electron chi connectivity index (χ3n) is 5.45. The summed E-state index contributed by atoms with van der Waals surface area (Å²) in [6.45, 7) is 6.79. The van der Waals surface area contributed by atoms with Crippen molar-refractivity contribution in [1.29, 1.82) is 0 Å². The molecule has 152 valence electrons. The summed E-state index contributed by atoms with van der Waals surface area (Å²) in [4.78, 5) is 13.0. The number of aromatic nitrogens is 1. The van der Waals surface area contributed by atoms with Crippen molar-refractivity contribution < 1.29 is 13.2 Å². The van der Waals surface area contributed by atoms with Crippen molar-refractivity contribution in [2.45, 2.75) is 38.5 Å². The number of nitrogens with zero attached hydrogens (tertiary/aromatic N) is 2. The molecular weight excluding hydrogens is 398 g/mol. The molecule has 8 heteroatoms. The molecule has 28 heavy (non-hydrogen) atoms. The van der Waals surface area contributed by atoms with Crippen LogP contribution in [-0.4, -0.2) is 36.3 Å². The highest BCUT2D eigenvalue weighted by molar-refractivity contribution is 7.89. The molecule has 1 saturated heterocycles. The lowest BCUT2D eigenvalue weighted by atomic mass is 10.0. The van der Waals surface area contributed by atoms with Crippen LogP contribution < -0.4 is 5.32 Å². The van der Waals surface area contributed by atoms with Gasteiger partial charge in [-0.15, -0.1) is 0 Å². The minimum Gasteiger partial charge on any atom is -0.343 e. The largest absolute Gasteiger partial charge is 0.343 e. The second kappa shape index (κ2) is 7.89. The minimum absolute atomic E-state index is 0.185. The van der Waals surface area contributed by atoms with Crippen molar-refractivity contribution in [1.82, 2.24) is 8.87 Å². The Labute approximate surface area is 171 Å². The molecule has 1 N–H and O–H groups in total. The second-order valence-electron chi connectivity index (χ2n) is 7.56. The summed E-state index contributed by atoms with van der Waals surface area (Å²) in [6, 6.07) is 6.81. The Balaban J connectivity index is 1.89. The van der Waals surface area contributed by atoms with E-state index in [1.807, 2.05) is 13.0 Å². The second-order valence-corrected chi connectivity index (χ2v) is 9.88. The number of carbonyl (C=O) groups is 1. The van der Waals surface area contributed by atoms with Crippen LogP contribution in [0.3, 0.4) is 0 Å². The molecule has 1 aromatic heterocycles. The van der Waals surface area contributed by atoms with Gasteiger partial charge in [-0.3, -0.25) is 4.79 Å². The smallest absolute Gasteiger partial charge is 0.272 e. The van der Waals surface area contributed by atoms with E-state index in [2.05, 4.69) is 12.2 Å². The molecule has 0 aliphatic carbocycles. The molecule has 1 aliphatic rings. The van der Waals surface area contributed by atoms with E-state index in [0.29, 0.717) is 35.4 Å². The maximum atomic E-state index is 13.1. The van der Waals surface area contributed by atoms with Crippen molar-refractivity contribution >= 4 is 33.2 Å². The third-order valence-corrected chi connectivity index (χ3v) is 7.78. The molecule has 1 amide bonds. The van der Waals surface area contributed by atoms with Gasteiger partial charge in [0.05, 0.1) is 10.7 Å². The number of anilines is 1. The summed E-state index contributed by atoms with van der Waals surface area (Å²) >= 11 is 6.20. The molecule has 0 atom stereocenters. The molecule has 0 spiro atoms. The lowest BCUT2D eigenvalue weighted by molar-refractivity contribution is 0.101. The highest BCUT2D eigenvalue weighted by Crippen LogP contribution is 2.28. The van der Waals surface area contributed by atoms with E-state index in [1.54, 1.807) is 30.7 Å². The SMILES string of the molecule is Cc1ccc(NC(=O)c2cc(S(=O)(=O)N3CCC(C)CC3)c(C)n2C)c(Cl)c1. The molecule has 0 bridgehead atoms. The molecule has 1 aliphatic heterocycles. The quantitative estimate of drug-likeness (QED) is 0.808. The van der Waals surface area contributed by atoms with Gasteiger partial charge in [-0.05, 0) is 56.4 Å². The standard InChI is InChI=1S/C20H26ClN3O3S/c1-13-7-9-24(10-8-13)28(26,27)19-12-18(23(4)15(19)3)20(25)22-17-6-5-14(2)11-16(17)21/h5-6,11-13H,7-10H2,1-4H3,(H,22,25). The van der Waals surface area contributed by atoms with Crippen molar-refractivity contribution in [3.05, 3.63) is 46.2 Å². The maximum absolute atomic E-state index is 13.1. The van der Waals surface area contributed by atoms with Crippen LogP contribution in [-0.2, 0) is 17.1 Å². The molecule has 2 heterocycles. The van der Waals surface area contributed by atoms with Gasteiger partial charge >= 0.3 is 0 Å². The fourth-order valence-electron chi connectivity index (χ4n) is 3.42. The number of aryl methyl sites for hydroxylation is 1. The highest BCUT2D eigenvalue weighted by Gasteiger charge is 2.32. The first kappa shape index (κ1) is 20.9. The van der Waals surface area contributed by atoms with Crippen molar-refractivity contribution in [2.75, 3.05) is 18.4 Å². The molecule has 0 saturated carbocycles. The maximum Gasteiger partial charge on any atom is 0.272 e. The number of halogens is 1. The number of hydrogen-bond donors (Lipinski definition) is 1. The number of benzene rings is 1. The van der Waals surface area contributed by atoms with Crippen LogP contribution >= 0.6 is 11.6 Å². The average Bonchev–Trinajstić information content (AvgIpc) is 2.94. The fourth-order valence-corrected chi connectivity index (χ4v) is 5.45. The summed E-state index contributed by atoms with van der Waals surface area (Å²) < 4.78 is 29.4. The first-order valence-corrected chi connectivity index (χ1v) is 11.2. The van der Waals surface area contributed by atoms with E-state index >= 15 is 0 Å². The van der Waals surface area contributed by atoms with Gasteiger partial charge < -0.3 is 9.88 Å². The van der Waals surface area contributed by atoms with Crippen molar-refractivity contribution in [3.63, 3.8) is 0 Å². The molecule has 1 fully saturated rings. The van der Waals surface area contributed by atoms with E-state index in [-0.39, 0.29) is 10.6 Å². The monoisotopic (exact) mass is 423 g/mol. The van der Waals surface area contributed by atoms with E-state index in [1.165, 1.54) is 10.4 Å². The zero-order valence-electron chi connectivity index (χ0n) is 16.6. The van der Waals surface area contributed by atoms with Crippen LogP contribution in [0.1, 0.15) is 41.5 Å². The molecule has 0 unspecified atom stereocenters. The van der Waals surface area contributed by atoms with Crippen LogP contribution in [0.2, 0.25) is 5.02 Å². The van der Waals surface area contributed by atoms with Gasteiger partial charge in [0.1, 0.15) is 10.6 Å². The Morgan fingerprint density at radius 3 is 2.43 bits per heavy atom. The van der Waals surface area contributed by atoms with E-state index < -0.39 is 15.9 Å². The first-order valence-electron chi connectivity index (χ1n) is 9.35. The first-order chi connectivity index (χ1) is 13.1. The van der Waals surface area contributed by atoms with Gasteiger partial charge in [-0.2, -0.15) is 4.31 Å². The normalized spacial score (nSPS) is 16.3. The lowest BCUT2D eigenvalue weighted by Crippen LogP contribution is -2.38. The summed E-state index contributed by atoms with van der Waals surface area (Å²) in [5, 5.41) is 3.21. The molecule has 1 aromatic carbocycles. The highest BCUT2D eigenvalue weighted by atomic mass is 35.5. The molecule has 2 aromatic rings.